The number of carbonyl (C=O) groups is 1. The Hall–Kier alpha value is -3.23. The number of nitrogens with one attached hydrogen (secondary N) is 3. The van der Waals surface area contributed by atoms with Gasteiger partial charge in [-0.2, -0.15) is 0 Å². The summed E-state index contributed by atoms with van der Waals surface area (Å²) in [6.07, 6.45) is 1.37. The monoisotopic (exact) mass is 361 g/mol. The smallest absolute Gasteiger partial charge is 0.320 e. The number of ether oxygens (including phenoxy) is 1. The molecule has 2 aromatic heterocycles. The van der Waals surface area contributed by atoms with Gasteiger partial charge in [-0.3, -0.25) is 10.4 Å². The van der Waals surface area contributed by atoms with Crippen LogP contribution in [0.2, 0.25) is 0 Å². The Bertz CT molecular complexity index is 927. The molecule has 0 spiro atoms. The first-order valence-corrected chi connectivity index (χ1v) is 7.98. The molecule has 26 heavy (non-hydrogen) atoms. The van der Waals surface area contributed by atoms with Crippen LogP contribution in [-0.2, 0) is 0 Å². The van der Waals surface area contributed by atoms with Gasteiger partial charge in [-0.1, -0.05) is 12.1 Å². The van der Waals surface area contributed by atoms with Crippen molar-refractivity contribution >= 4 is 22.8 Å². The van der Waals surface area contributed by atoms with Crippen LogP contribution in [0.15, 0.2) is 30.5 Å². The number of benzene rings is 1. The molecule has 0 radical (unpaired) electrons. The van der Waals surface area contributed by atoms with E-state index < -0.39 is 17.9 Å². The van der Waals surface area contributed by atoms with Crippen molar-refractivity contribution in [3.05, 3.63) is 47.7 Å². The van der Waals surface area contributed by atoms with Crippen LogP contribution in [0.3, 0.4) is 0 Å². The Balaban J connectivity index is 1.72. The topological polar surface area (TPSA) is 91.9 Å². The van der Waals surface area contributed by atoms with Crippen LogP contribution >= 0.6 is 0 Å². The van der Waals surface area contributed by atoms with Gasteiger partial charge < -0.3 is 10.1 Å². The summed E-state index contributed by atoms with van der Waals surface area (Å²) in [5.74, 6) is -1.11. The molecule has 0 bridgehead atoms. The second kappa shape index (κ2) is 7.34. The van der Waals surface area contributed by atoms with E-state index in [0.717, 1.165) is 0 Å². The van der Waals surface area contributed by atoms with Crippen LogP contribution in [0.25, 0.3) is 10.9 Å². The molecule has 7 nitrogen and oxygen atoms in total. The van der Waals surface area contributed by atoms with E-state index in [1.807, 2.05) is 0 Å². The Kier molecular flexibility index (Phi) is 4.97. The molecule has 0 aliphatic heterocycles. The highest BCUT2D eigenvalue weighted by atomic mass is 19.1. The third-order valence-electron chi connectivity index (χ3n) is 3.75. The lowest BCUT2D eigenvalue weighted by atomic mass is 10.1. The number of aromatic amines is 1. The van der Waals surface area contributed by atoms with Crippen LogP contribution in [0.1, 0.15) is 25.5 Å². The Morgan fingerprint density at radius 2 is 2.04 bits per heavy atom. The van der Waals surface area contributed by atoms with Gasteiger partial charge in [-0.05, 0) is 31.5 Å². The summed E-state index contributed by atoms with van der Waals surface area (Å²) >= 11 is 0. The highest BCUT2D eigenvalue weighted by Crippen LogP contribution is 2.27. The second-order valence-electron chi connectivity index (χ2n) is 5.54. The minimum Gasteiger partial charge on any atom is -0.476 e. The number of fused-ring (bicyclic) bond motifs is 1. The summed E-state index contributed by atoms with van der Waals surface area (Å²) in [7, 11) is 0. The third-order valence-corrected chi connectivity index (χ3v) is 3.75. The van der Waals surface area contributed by atoms with Crippen molar-refractivity contribution in [1.82, 2.24) is 20.5 Å². The number of rotatable bonds is 5. The molecule has 0 unspecified atom stereocenters. The molecular formula is C17H17F2N5O2. The maximum atomic E-state index is 14.5. The van der Waals surface area contributed by atoms with E-state index in [-0.39, 0.29) is 23.0 Å². The fourth-order valence-corrected chi connectivity index (χ4v) is 2.43. The Morgan fingerprint density at radius 3 is 2.73 bits per heavy atom. The number of halogens is 2. The number of hydrogen-bond donors (Lipinski definition) is 3. The highest BCUT2D eigenvalue weighted by Gasteiger charge is 2.18. The van der Waals surface area contributed by atoms with E-state index >= 15 is 0 Å². The maximum Gasteiger partial charge on any atom is 0.320 e. The minimum atomic E-state index is -0.745. The van der Waals surface area contributed by atoms with E-state index in [0.29, 0.717) is 17.6 Å². The van der Waals surface area contributed by atoms with Crippen molar-refractivity contribution in [1.29, 1.82) is 0 Å². The zero-order chi connectivity index (χ0) is 18.7. The number of carbonyl (C=O) groups excluding carboxylic acids is 1. The fourth-order valence-electron chi connectivity index (χ4n) is 2.43. The predicted octanol–water partition coefficient (Wildman–Crippen LogP) is 3.52. The maximum absolute atomic E-state index is 14.5. The largest absolute Gasteiger partial charge is 0.476 e. The molecule has 3 N–H and O–H groups in total. The van der Waals surface area contributed by atoms with Gasteiger partial charge in [0.15, 0.2) is 11.6 Å². The lowest BCUT2D eigenvalue weighted by Crippen LogP contribution is -2.31. The van der Waals surface area contributed by atoms with E-state index in [2.05, 4.69) is 25.8 Å². The SMILES string of the molecule is CCOc1n[nH]c2c(F)c(NC(=O)N[C@H](C)c3ccc(F)cc3)ncc12. The van der Waals surface area contributed by atoms with Gasteiger partial charge >= 0.3 is 6.03 Å². The molecular weight excluding hydrogens is 344 g/mol. The summed E-state index contributed by atoms with van der Waals surface area (Å²) in [4.78, 5) is 16.0. The molecule has 0 saturated carbocycles. The summed E-state index contributed by atoms with van der Waals surface area (Å²) in [5, 5.41) is 11.8. The third kappa shape index (κ3) is 3.56. The molecule has 1 aromatic carbocycles. The van der Waals surface area contributed by atoms with Crippen molar-refractivity contribution in [3.8, 4) is 5.88 Å². The van der Waals surface area contributed by atoms with Gasteiger partial charge in [0.1, 0.15) is 11.3 Å². The second-order valence-corrected chi connectivity index (χ2v) is 5.54. The standard InChI is InChI=1S/C17H17F2N5O2/c1-3-26-16-12-8-20-15(13(19)14(12)23-24-16)22-17(25)21-9(2)10-4-6-11(18)7-5-10/h4-9H,3H2,1-2H3,(H,23,24)(H2,20,21,22,25)/t9-/m1/s1. The normalized spacial score (nSPS) is 12.0. The van der Waals surface area contributed by atoms with Crippen molar-refractivity contribution in [3.63, 3.8) is 0 Å². The van der Waals surface area contributed by atoms with Crippen LogP contribution in [0.5, 0.6) is 5.88 Å². The zero-order valence-corrected chi connectivity index (χ0v) is 14.1. The fraction of sp³-hybridized carbons (Fsp3) is 0.235. The summed E-state index contributed by atoms with van der Waals surface area (Å²) in [5.41, 5.74) is 0.797. The van der Waals surface area contributed by atoms with Crippen molar-refractivity contribution in [2.75, 3.05) is 11.9 Å². The van der Waals surface area contributed by atoms with Crippen LogP contribution in [-0.4, -0.2) is 27.8 Å². The summed E-state index contributed by atoms with van der Waals surface area (Å²) in [6.45, 7) is 3.89. The molecule has 3 aromatic rings. The molecule has 2 amide bonds. The number of nitrogens with zero attached hydrogens (tertiary/aromatic N) is 2. The lowest BCUT2D eigenvalue weighted by molar-refractivity contribution is 0.249. The van der Waals surface area contributed by atoms with Gasteiger partial charge in [0.05, 0.1) is 18.0 Å². The van der Waals surface area contributed by atoms with Crippen molar-refractivity contribution in [2.45, 2.75) is 19.9 Å². The summed E-state index contributed by atoms with van der Waals surface area (Å²) < 4.78 is 32.7. The Morgan fingerprint density at radius 1 is 1.31 bits per heavy atom. The van der Waals surface area contributed by atoms with Gasteiger partial charge in [-0.25, -0.2) is 18.6 Å². The molecule has 3 rings (SSSR count). The van der Waals surface area contributed by atoms with E-state index in [9.17, 15) is 13.6 Å². The molecule has 0 fully saturated rings. The zero-order valence-electron chi connectivity index (χ0n) is 14.1. The first-order chi connectivity index (χ1) is 12.5. The molecule has 1 atom stereocenters. The number of hydrogen-bond acceptors (Lipinski definition) is 4. The van der Waals surface area contributed by atoms with Crippen molar-refractivity contribution < 1.29 is 18.3 Å². The summed E-state index contributed by atoms with van der Waals surface area (Å²) in [6, 6.07) is 4.68. The molecule has 0 saturated heterocycles. The van der Waals surface area contributed by atoms with Crippen LogP contribution < -0.4 is 15.4 Å². The Labute approximate surface area is 147 Å². The van der Waals surface area contributed by atoms with Crippen LogP contribution in [0, 0.1) is 11.6 Å². The van der Waals surface area contributed by atoms with Crippen LogP contribution in [0.4, 0.5) is 19.4 Å². The van der Waals surface area contributed by atoms with Gasteiger partial charge in [0.2, 0.25) is 5.88 Å². The number of amides is 2. The van der Waals surface area contributed by atoms with E-state index in [4.69, 9.17) is 4.74 Å². The number of H-pyrrole nitrogens is 1. The average molecular weight is 361 g/mol. The molecule has 136 valence electrons. The first kappa shape index (κ1) is 17.6. The lowest BCUT2D eigenvalue weighted by Gasteiger charge is -2.15. The number of anilines is 1. The number of aromatic nitrogens is 3. The van der Waals surface area contributed by atoms with E-state index in [1.54, 1.807) is 26.0 Å². The van der Waals surface area contributed by atoms with E-state index in [1.165, 1.54) is 18.3 Å². The van der Waals surface area contributed by atoms with Gasteiger partial charge in [-0.15, -0.1) is 5.10 Å². The van der Waals surface area contributed by atoms with Gasteiger partial charge in [0, 0.05) is 6.20 Å². The first-order valence-electron chi connectivity index (χ1n) is 7.98. The quantitative estimate of drug-likeness (QED) is 0.648. The molecule has 2 heterocycles. The molecule has 0 aliphatic rings. The highest BCUT2D eigenvalue weighted by molar-refractivity contribution is 5.92. The molecule has 0 aliphatic carbocycles. The van der Waals surface area contributed by atoms with Gasteiger partial charge in [0.25, 0.3) is 0 Å². The average Bonchev–Trinajstić information content (AvgIpc) is 3.02. The number of urea groups is 1. The minimum absolute atomic E-state index is 0.0883. The number of pyridine rings is 1. The van der Waals surface area contributed by atoms with Crippen molar-refractivity contribution in [2.24, 2.45) is 0 Å². The predicted molar refractivity (Wildman–Crippen MR) is 92.0 cm³/mol. The molecule has 9 heteroatoms.